The smallest absolute Gasteiger partial charge is 0.400 e. The van der Waals surface area contributed by atoms with Gasteiger partial charge in [-0.1, -0.05) is 57.2 Å². The zero-order valence-electron chi connectivity index (χ0n) is 23.4. The van der Waals surface area contributed by atoms with Crippen molar-refractivity contribution in [2.24, 2.45) is 5.92 Å². The van der Waals surface area contributed by atoms with Crippen LogP contribution in [0, 0.1) is 5.92 Å². The predicted molar refractivity (Wildman–Crippen MR) is 150 cm³/mol. The summed E-state index contributed by atoms with van der Waals surface area (Å²) in [4.78, 5) is 24.2. The Labute approximate surface area is 239 Å². The first-order valence-electron chi connectivity index (χ1n) is 13.9. The molecule has 1 aliphatic carbocycles. The number of hydrogen-bond donors (Lipinski definition) is 2. The maximum Gasteiger partial charge on any atom is 0.400 e. The summed E-state index contributed by atoms with van der Waals surface area (Å²) in [6, 6.07) is 11.7. The van der Waals surface area contributed by atoms with Crippen molar-refractivity contribution >= 4 is 11.9 Å². The van der Waals surface area contributed by atoms with Crippen molar-refractivity contribution in [3.63, 3.8) is 0 Å². The van der Waals surface area contributed by atoms with Crippen molar-refractivity contribution in [1.82, 2.24) is 0 Å². The summed E-state index contributed by atoms with van der Waals surface area (Å²) in [7, 11) is 0. The fourth-order valence-electron chi connectivity index (χ4n) is 4.75. The maximum atomic E-state index is 15.3. The van der Waals surface area contributed by atoms with Crippen molar-refractivity contribution in [2.45, 2.75) is 70.3 Å². The van der Waals surface area contributed by atoms with Gasteiger partial charge in [-0.15, -0.1) is 0 Å². The third kappa shape index (κ3) is 9.23. The molecule has 0 bridgehead atoms. The summed E-state index contributed by atoms with van der Waals surface area (Å²) >= 11 is 0. The van der Waals surface area contributed by atoms with Crippen LogP contribution >= 0.6 is 0 Å². The van der Waals surface area contributed by atoms with Crippen molar-refractivity contribution in [2.75, 3.05) is 13.2 Å². The van der Waals surface area contributed by atoms with Crippen molar-refractivity contribution in [1.29, 1.82) is 0 Å². The third-order valence-electron chi connectivity index (χ3n) is 7.21. The summed E-state index contributed by atoms with van der Waals surface area (Å²) in [6.07, 6.45) is 2.68. The first kappa shape index (κ1) is 32.0. The number of aliphatic hydroxyl groups is 2. The van der Waals surface area contributed by atoms with E-state index in [2.05, 4.69) is 44.3 Å². The highest BCUT2D eigenvalue weighted by Gasteiger charge is 2.44. The Bertz CT molecular complexity index is 1170. The van der Waals surface area contributed by atoms with E-state index in [9.17, 15) is 9.59 Å². The number of hydrogen-bond acceptors (Lipinski definition) is 7. The van der Waals surface area contributed by atoms with Crippen LogP contribution in [0.5, 0.6) is 17.2 Å². The topological polar surface area (TPSA) is 102 Å². The molecule has 41 heavy (non-hydrogen) atoms. The molecule has 2 aromatic rings. The summed E-state index contributed by atoms with van der Waals surface area (Å²) in [5.74, 6) is -3.78. The van der Waals surface area contributed by atoms with Crippen LogP contribution in [0.1, 0.15) is 68.9 Å². The fourth-order valence-corrected chi connectivity index (χ4v) is 4.75. The van der Waals surface area contributed by atoms with E-state index in [0.29, 0.717) is 12.8 Å². The van der Waals surface area contributed by atoms with Crippen LogP contribution in [0.15, 0.2) is 66.8 Å². The van der Waals surface area contributed by atoms with E-state index in [1.165, 1.54) is 18.4 Å². The van der Waals surface area contributed by atoms with Gasteiger partial charge in [-0.3, -0.25) is 0 Å². The lowest BCUT2D eigenvalue weighted by Gasteiger charge is -2.33. The third-order valence-corrected chi connectivity index (χ3v) is 7.21. The standard InChI is InChI=1S/C32H38F2O7/c1-4-5-6-7-23-8-10-24(11-9-23)25-12-14-26(15-13-25)32(33,34)41-29-17-27(39-30(37)21(2)19-35)16-28(18-29)40-31(38)22(3)20-36/h8-11,16-18,25-26,35-36H,2-7,12-15,19-20H2,1H3. The number of aliphatic hydroxyl groups excluding tert-OH is 2. The Morgan fingerprint density at radius 2 is 1.37 bits per heavy atom. The number of benzene rings is 2. The molecule has 3 rings (SSSR count). The molecule has 0 amide bonds. The lowest BCUT2D eigenvalue weighted by Crippen LogP contribution is -2.37. The minimum Gasteiger partial charge on any atom is -0.432 e. The van der Waals surface area contributed by atoms with E-state index in [1.807, 2.05) is 0 Å². The molecule has 0 aromatic heterocycles. The highest BCUT2D eigenvalue weighted by molar-refractivity contribution is 5.90. The van der Waals surface area contributed by atoms with Crippen LogP contribution in [0.2, 0.25) is 0 Å². The summed E-state index contributed by atoms with van der Waals surface area (Å²) in [5, 5.41) is 18.2. The van der Waals surface area contributed by atoms with Crippen molar-refractivity contribution in [3.8, 4) is 17.2 Å². The van der Waals surface area contributed by atoms with Crippen molar-refractivity contribution in [3.05, 3.63) is 77.9 Å². The van der Waals surface area contributed by atoms with Gasteiger partial charge in [0.05, 0.1) is 30.3 Å². The van der Waals surface area contributed by atoms with Gasteiger partial charge in [0.25, 0.3) is 0 Å². The number of esters is 2. The number of halogens is 2. The molecule has 0 saturated heterocycles. The average Bonchev–Trinajstić information content (AvgIpc) is 2.96. The lowest BCUT2D eigenvalue weighted by atomic mass is 9.78. The minimum absolute atomic E-state index is 0.194. The Kier molecular flexibility index (Phi) is 11.6. The second-order valence-corrected chi connectivity index (χ2v) is 10.4. The van der Waals surface area contributed by atoms with Crippen LogP contribution < -0.4 is 14.2 Å². The van der Waals surface area contributed by atoms with Crippen LogP contribution in [0.25, 0.3) is 0 Å². The van der Waals surface area contributed by atoms with Gasteiger partial charge < -0.3 is 24.4 Å². The molecule has 222 valence electrons. The molecule has 0 atom stereocenters. The molecular formula is C32H38F2O7. The molecular weight excluding hydrogens is 534 g/mol. The SMILES string of the molecule is C=C(CO)C(=O)Oc1cc(OC(=O)C(=C)CO)cc(OC(F)(F)C2CCC(c3ccc(CCCCC)cc3)CC2)c1. The molecule has 0 heterocycles. The van der Waals surface area contributed by atoms with Gasteiger partial charge in [-0.2, -0.15) is 8.78 Å². The number of rotatable bonds is 14. The van der Waals surface area contributed by atoms with Gasteiger partial charge in [-0.25, -0.2) is 9.59 Å². The van der Waals surface area contributed by atoms with Crippen LogP contribution in [-0.4, -0.2) is 41.5 Å². The van der Waals surface area contributed by atoms with Gasteiger partial charge in [0, 0.05) is 18.2 Å². The van der Waals surface area contributed by atoms with E-state index >= 15 is 8.78 Å². The average molecular weight is 573 g/mol. The molecule has 9 heteroatoms. The molecule has 2 N–H and O–H groups in total. The molecule has 1 aliphatic rings. The van der Waals surface area contributed by atoms with Gasteiger partial charge in [-0.05, 0) is 55.6 Å². The summed E-state index contributed by atoms with van der Waals surface area (Å²) < 4.78 is 46.0. The van der Waals surface area contributed by atoms with E-state index < -0.39 is 42.9 Å². The summed E-state index contributed by atoms with van der Waals surface area (Å²) in [6.45, 7) is 7.56. The second kappa shape index (κ2) is 14.9. The number of ether oxygens (including phenoxy) is 3. The van der Waals surface area contributed by atoms with Gasteiger partial charge >= 0.3 is 18.0 Å². The quantitative estimate of drug-likeness (QED) is 0.119. The van der Waals surface area contributed by atoms with E-state index in [4.69, 9.17) is 24.4 Å². The Balaban J connectivity index is 1.69. The van der Waals surface area contributed by atoms with Gasteiger partial charge in [0.2, 0.25) is 0 Å². The van der Waals surface area contributed by atoms with Gasteiger partial charge in [0.15, 0.2) is 0 Å². The number of carbonyl (C=O) groups excluding carboxylic acids is 2. The molecule has 7 nitrogen and oxygen atoms in total. The predicted octanol–water partition coefficient (Wildman–Crippen LogP) is 6.27. The first-order chi connectivity index (χ1) is 19.6. The number of alkyl halides is 2. The second-order valence-electron chi connectivity index (χ2n) is 10.4. The van der Waals surface area contributed by atoms with Crippen molar-refractivity contribution < 1.29 is 42.8 Å². The highest BCUT2D eigenvalue weighted by Crippen LogP contribution is 2.44. The molecule has 2 aromatic carbocycles. The van der Waals surface area contributed by atoms with E-state index in [-0.39, 0.29) is 41.4 Å². The Hall–Kier alpha value is -3.56. The Morgan fingerprint density at radius 1 is 0.854 bits per heavy atom. The molecule has 0 aliphatic heterocycles. The summed E-state index contributed by atoms with van der Waals surface area (Å²) in [5.41, 5.74) is 1.91. The van der Waals surface area contributed by atoms with Crippen LogP contribution in [-0.2, 0) is 16.0 Å². The number of unbranched alkanes of at least 4 members (excludes halogenated alkanes) is 2. The molecule has 1 saturated carbocycles. The van der Waals surface area contributed by atoms with Crippen LogP contribution in [0.3, 0.4) is 0 Å². The zero-order valence-corrected chi connectivity index (χ0v) is 23.4. The molecule has 1 fully saturated rings. The highest BCUT2D eigenvalue weighted by atomic mass is 19.3. The Morgan fingerprint density at radius 3 is 1.85 bits per heavy atom. The lowest BCUT2D eigenvalue weighted by molar-refractivity contribution is -0.222. The largest absolute Gasteiger partial charge is 0.432 e. The first-order valence-corrected chi connectivity index (χ1v) is 13.9. The van der Waals surface area contributed by atoms with E-state index in [0.717, 1.165) is 36.6 Å². The normalized spacial score (nSPS) is 17.0. The minimum atomic E-state index is -3.55. The van der Waals surface area contributed by atoms with Crippen LogP contribution in [0.4, 0.5) is 8.78 Å². The molecule has 0 unspecified atom stereocenters. The molecule has 0 spiro atoms. The zero-order chi connectivity index (χ0) is 30.0. The number of carbonyl (C=O) groups is 2. The van der Waals surface area contributed by atoms with E-state index in [1.54, 1.807) is 0 Å². The molecule has 0 radical (unpaired) electrons. The van der Waals surface area contributed by atoms with Gasteiger partial charge in [0.1, 0.15) is 17.2 Å². The monoisotopic (exact) mass is 572 g/mol. The fraction of sp³-hybridized carbons (Fsp3) is 0.438. The number of aryl methyl sites for hydroxylation is 1. The maximum absolute atomic E-state index is 15.3.